The summed E-state index contributed by atoms with van der Waals surface area (Å²) in [5.74, 6) is 0.773. The maximum Gasteiger partial charge on any atom is 0.190 e. The monoisotopic (exact) mass is 203 g/mol. The molecule has 2 rings (SSSR count). The van der Waals surface area contributed by atoms with Crippen LogP contribution < -0.4 is 10.6 Å². The highest BCUT2D eigenvalue weighted by Crippen LogP contribution is 2.01. The van der Waals surface area contributed by atoms with Crippen molar-refractivity contribution in [1.82, 2.24) is 15.6 Å². The third-order valence-electron chi connectivity index (χ3n) is 2.21. The number of pyridine rings is 1. The highest BCUT2D eigenvalue weighted by molar-refractivity contribution is 6.04. The Kier molecular flexibility index (Phi) is 2.97. The Hall–Kier alpha value is -1.84. The summed E-state index contributed by atoms with van der Waals surface area (Å²) in [6, 6.07) is 3.52. The molecule has 0 saturated carbocycles. The predicted molar refractivity (Wildman–Crippen MR) is 57.3 cm³/mol. The van der Waals surface area contributed by atoms with E-state index in [4.69, 9.17) is 0 Å². The second-order valence-electron chi connectivity index (χ2n) is 3.37. The van der Waals surface area contributed by atoms with Crippen LogP contribution in [0.3, 0.4) is 0 Å². The molecule has 0 spiro atoms. The van der Waals surface area contributed by atoms with Crippen LogP contribution in [-0.4, -0.2) is 23.9 Å². The molecule has 1 fully saturated rings. The van der Waals surface area contributed by atoms with Gasteiger partial charge in [0, 0.05) is 37.1 Å². The summed E-state index contributed by atoms with van der Waals surface area (Å²) in [5, 5.41) is 6.26. The second-order valence-corrected chi connectivity index (χ2v) is 3.37. The van der Waals surface area contributed by atoms with Crippen molar-refractivity contribution in [3.05, 3.63) is 42.0 Å². The van der Waals surface area contributed by atoms with Gasteiger partial charge in [-0.05, 0) is 18.6 Å². The Morgan fingerprint density at radius 2 is 2.20 bits per heavy atom. The van der Waals surface area contributed by atoms with Crippen LogP contribution in [0.1, 0.15) is 16.8 Å². The first-order chi connectivity index (χ1) is 7.36. The van der Waals surface area contributed by atoms with Crippen LogP contribution in [0.2, 0.25) is 0 Å². The molecule has 4 heteroatoms. The van der Waals surface area contributed by atoms with E-state index in [1.807, 2.05) is 0 Å². The van der Waals surface area contributed by atoms with Gasteiger partial charge in [0.1, 0.15) is 5.82 Å². The molecule has 78 valence electrons. The fourth-order valence-corrected chi connectivity index (χ4v) is 1.42. The molecule has 4 nitrogen and oxygen atoms in total. The molecule has 0 amide bonds. The maximum atomic E-state index is 11.7. The maximum absolute atomic E-state index is 11.7. The van der Waals surface area contributed by atoms with Gasteiger partial charge in [-0.1, -0.05) is 0 Å². The van der Waals surface area contributed by atoms with Gasteiger partial charge < -0.3 is 10.6 Å². The molecule has 0 radical (unpaired) electrons. The lowest BCUT2D eigenvalue weighted by Crippen LogP contribution is -2.35. The van der Waals surface area contributed by atoms with Crippen LogP contribution in [-0.2, 0) is 0 Å². The highest BCUT2D eigenvalue weighted by Gasteiger charge is 2.07. The van der Waals surface area contributed by atoms with Crippen molar-refractivity contribution in [2.75, 3.05) is 13.1 Å². The molecular weight excluding hydrogens is 190 g/mol. The molecule has 1 aromatic rings. The fraction of sp³-hybridized carbons (Fsp3) is 0.273. The van der Waals surface area contributed by atoms with Crippen molar-refractivity contribution in [3.63, 3.8) is 0 Å². The number of nitrogens with zero attached hydrogens (tertiary/aromatic N) is 1. The molecule has 0 unspecified atom stereocenters. The smallest absolute Gasteiger partial charge is 0.190 e. The van der Waals surface area contributed by atoms with Gasteiger partial charge in [0.25, 0.3) is 0 Å². The molecule has 1 aliphatic rings. The van der Waals surface area contributed by atoms with E-state index in [1.54, 1.807) is 30.6 Å². The largest absolute Gasteiger partial charge is 0.372 e. The molecule has 0 aliphatic carbocycles. The van der Waals surface area contributed by atoms with Gasteiger partial charge in [0.05, 0.1) is 0 Å². The Balaban J connectivity index is 2.08. The first-order valence-corrected chi connectivity index (χ1v) is 5.00. The number of carbonyl (C=O) groups is 1. The van der Waals surface area contributed by atoms with Crippen LogP contribution in [0.25, 0.3) is 0 Å². The Morgan fingerprint density at radius 1 is 1.40 bits per heavy atom. The van der Waals surface area contributed by atoms with Crippen molar-refractivity contribution in [3.8, 4) is 0 Å². The summed E-state index contributed by atoms with van der Waals surface area (Å²) in [6.45, 7) is 1.83. The molecule has 1 saturated heterocycles. The fourth-order valence-electron chi connectivity index (χ4n) is 1.42. The van der Waals surface area contributed by atoms with Gasteiger partial charge in [-0.2, -0.15) is 0 Å². The molecule has 2 N–H and O–H groups in total. The highest BCUT2D eigenvalue weighted by atomic mass is 16.1. The Morgan fingerprint density at radius 3 is 2.87 bits per heavy atom. The van der Waals surface area contributed by atoms with E-state index in [0.29, 0.717) is 5.56 Å². The number of allylic oxidation sites excluding steroid dienone is 1. The van der Waals surface area contributed by atoms with Crippen molar-refractivity contribution in [1.29, 1.82) is 0 Å². The summed E-state index contributed by atoms with van der Waals surface area (Å²) in [5.41, 5.74) is 0.610. The first kappa shape index (κ1) is 9.71. The number of nitrogens with one attached hydrogen (secondary N) is 2. The van der Waals surface area contributed by atoms with Gasteiger partial charge >= 0.3 is 0 Å². The quantitative estimate of drug-likeness (QED) is 0.548. The zero-order valence-electron chi connectivity index (χ0n) is 8.36. The van der Waals surface area contributed by atoms with E-state index >= 15 is 0 Å². The molecule has 1 aromatic heterocycles. The molecule has 0 bridgehead atoms. The standard InChI is InChI=1S/C11H13N3O/c15-10(9-3-1-4-12-8-9)7-11-13-5-2-6-14-11/h1,3-4,7-8,13-14H,2,5-6H2. The van der Waals surface area contributed by atoms with E-state index < -0.39 is 0 Å². The number of carbonyl (C=O) groups excluding carboxylic acids is 1. The average molecular weight is 203 g/mol. The topological polar surface area (TPSA) is 54.0 Å². The minimum absolute atomic E-state index is 0.0278. The number of ketones is 1. The van der Waals surface area contributed by atoms with Crippen LogP contribution in [0.15, 0.2) is 36.4 Å². The number of hydrogen-bond acceptors (Lipinski definition) is 4. The van der Waals surface area contributed by atoms with E-state index in [0.717, 1.165) is 25.3 Å². The summed E-state index contributed by atoms with van der Waals surface area (Å²) < 4.78 is 0. The summed E-state index contributed by atoms with van der Waals surface area (Å²) in [7, 11) is 0. The average Bonchev–Trinajstić information content (AvgIpc) is 2.31. The minimum atomic E-state index is -0.0278. The zero-order chi connectivity index (χ0) is 10.5. The minimum Gasteiger partial charge on any atom is -0.372 e. The van der Waals surface area contributed by atoms with Gasteiger partial charge in [0.2, 0.25) is 0 Å². The van der Waals surface area contributed by atoms with Crippen LogP contribution in [0.4, 0.5) is 0 Å². The number of hydrogen-bond donors (Lipinski definition) is 2. The molecule has 15 heavy (non-hydrogen) atoms. The molecule has 0 atom stereocenters. The predicted octanol–water partition coefficient (Wildman–Crippen LogP) is 0.689. The Bertz CT molecular complexity index is 365. The zero-order valence-corrected chi connectivity index (χ0v) is 8.36. The van der Waals surface area contributed by atoms with Gasteiger partial charge in [-0.15, -0.1) is 0 Å². The second kappa shape index (κ2) is 4.59. The van der Waals surface area contributed by atoms with E-state index in [1.165, 1.54) is 0 Å². The van der Waals surface area contributed by atoms with Gasteiger partial charge in [-0.25, -0.2) is 0 Å². The van der Waals surface area contributed by atoms with E-state index in [9.17, 15) is 4.79 Å². The van der Waals surface area contributed by atoms with E-state index in [-0.39, 0.29) is 5.78 Å². The first-order valence-electron chi connectivity index (χ1n) is 5.00. The van der Waals surface area contributed by atoms with Crippen molar-refractivity contribution >= 4 is 5.78 Å². The lowest BCUT2D eigenvalue weighted by molar-refractivity contribution is 0.104. The lowest BCUT2D eigenvalue weighted by Gasteiger charge is -2.18. The van der Waals surface area contributed by atoms with Crippen LogP contribution in [0, 0.1) is 0 Å². The lowest BCUT2D eigenvalue weighted by atomic mass is 10.2. The van der Waals surface area contributed by atoms with Crippen molar-refractivity contribution < 1.29 is 4.79 Å². The summed E-state index contributed by atoms with van der Waals surface area (Å²) in [4.78, 5) is 15.6. The Labute approximate surface area is 88.4 Å². The number of rotatable bonds is 2. The molecular formula is C11H13N3O. The van der Waals surface area contributed by atoms with Crippen molar-refractivity contribution in [2.24, 2.45) is 0 Å². The molecule has 2 heterocycles. The number of aromatic nitrogens is 1. The third kappa shape index (κ3) is 2.56. The van der Waals surface area contributed by atoms with Crippen LogP contribution in [0.5, 0.6) is 0 Å². The van der Waals surface area contributed by atoms with Crippen molar-refractivity contribution in [2.45, 2.75) is 6.42 Å². The van der Waals surface area contributed by atoms with E-state index in [2.05, 4.69) is 15.6 Å². The summed E-state index contributed by atoms with van der Waals surface area (Å²) in [6.07, 6.45) is 5.89. The molecule has 1 aliphatic heterocycles. The van der Waals surface area contributed by atoms with Gasteiger partial charge in [0.15, 0.2) is 5.78 Å². The summed E-state index contributed by atoms with van der Waals surface area (Å²) >= 11 is 0. The normalized spacial score (nSPS) is 15.1. The van der Waals surface area contributed by atoms with Gasteiger partial charge in [-0.3, -0.25) is 9.78 Å². The SMILES string of the molecule is O=C(C=C1NCCCN1)c1cccnc1. The third-order valence-corrected chi connectivity index (χ3v) is 2.21. The molecule has 0 aromatic carbocycles. The van der Waals surface area contributed by atoms with Crippen LogP contribution >= 0.6 is 0 Å².